The van der Waals surface area contributed by atoms with Gasteiger partial charge in [0.15, 0.2) is 0 Å². The zero-order chi connectivity index (χ0) is 11.3. The predicted octanol–water partition coefficient (Wildman–Crippen LogP) is -0.0566. The number of para-hydroxylation sites is 1. The fraction of sp³-hybridized carbons (Fsp3) is 0.200. The van der Waals surface area contributed by atoms with Gasteiger partial charge in [0, 0.05) is 7.05 Å². The average Bonchev–Trinajstić information content (AvgIpc) is 2.28. The molecular weight excluding hydrogens is 194 g/mol. The molecule has 2 amide bonds. The van der Waals surface area contributed by atoms with Crippen molar-refractivity contribution in [3.63, 3.8) is 0 Å². The van der Waals surface area contributed by atoms with Gasteiger partial charge in [0.1, 0.15) is 0 Å². The Morgan fingerprint density at radius 3 is 2.60 bits per heavy atom. The summed E-state index contributed by atoms with van der Waals surface area (Å²) in [6.45, 7) is -0.109. The van der Waals surface area contributed by atoms with Crippen LogP contribution < -0.4 is 16.4 Å². The van der Waals surface area contributed by atoms with Crippen molar-refractivity contribution < 1.29 is 9.59 Å². The SMILES string of the molecule is CNC(=O)c1ccccc1NC(=O)CN. The highest BCUT2D eigenvalue weighted by molar-refractivity contribution is 6.03. The summed E-state index contributed by atoms with van der Waals surface area (Å²) in [5, 5.41) is 5.04. The number of carbonyl (C=O) groups is 2. The minimum atomic E-state index is -0.327. The van der Waals surface area contributed by atoms with Crippen LogP contribution in [0.15, 0.2) is 24.3 Å². The molecule has 80 valence electrons. The Morgan fingerprint density at radius 1 is 1.33 bits per heavy atom. The Bertz CT molecular complexity index is 377. The summed E-state index contributed by atoms with van der Waals surface area (Å²) in [5.41, 5.74) is 6.05. The van der Waals surface area contributed by atoms with Crippen LogP contribution in [0.1, 0.15) is 10.4 Å². The molecule has 0 saturated heterocycles. The summed E-state index contributed by atoms with van der Waals surface area (Å²) in [6.07, 6.45) is 0. The van der Waals surface area contributed by atoms with Gasteiger partial charge in [-0.05, 0) is 12.1 Å². The molecule has 0 heterocycles. The first-order valence-corrected chi connectivity index (χ1v) is 4.50. The van der Waals surface area contributed by atoms with Crippen molar-refractivity contribution in [2.24, 2.45) is 5.73 Å². The summed E-state index contributed by atoms with van der Waals surface area (Å²) in [7, 11) is 1.53. The first kappa shape index (κ1) is 11.2. The molecule has 0 aromatic heterocycles. The maximum Gasteiger partial charge on any atom is 0.253 e. The number of benzene rings is 1. The summed E-state index contributed by atoms with van der Waals surface area (Å²) in [4.78, 5) is 22.5. The van der Waals surface area contributed by atoms with Crippen LogP contribution >= 0.6 is 0 Å². The monoisotopic (exact) mass is 207 g/mol. The molecule has 1 aromatic rings. The molecule has 0 unspecified atom stereocenters. The van der Waals surface area contributed by atoms with Crippen molar-refractivity contribution >= 4 is 17.5 Å². The van der Waals surface area contributed by atoms with E-state index < -0.39 is 0 Å². The first-order chi connectivity index (χ1) is 7.19. The Balaban J connectivity index is 2.96. The van der Waals surface area contributed by atoms with Crippen LogP contribution in [-0.2, 0) is 4.79 Å². The van der Waals surface area contributed by atoms with Gasteiger partial charge in [-0.15, -0.1) is 0 Å². The van der Waals surface area contributed by atoms with E-state index in [4.69, 9.17) is 5.73 Å². The quantitative estimate of drug-likeness (QED) is 0.649. The van der Waals surface area contributed by atoms with Crippen LogP contribution in [0.5, 0.6) is 0 Å². The standard InChI is InChI=1S/C10H13N3O2/c1-12-10(15)7-4-2-3-5-8(7)13-9(14)6-11/h2-5H,6,11H2,1H3,(H,12,15)(H,13,14). The molecule has 0 saturated carbocycles. The van der Waals surface area contributed by atoms with Crippen LogP contribution in [0.2, 0.25) is 0 Å². The Kier molecular flexibility index (Phi) is 3.82. The third-order valence-corrected chi connectivity index (χ3v) is 1.86. The molecular formula is C10H13N3O2. The molecule has 0 atom stereocenters. The topological polar surface area (TPSA) is 84.2 Å². The van der Waals surface area contributed by atoms with E-state index in [2.05, 4.69) is 10.6 Å². The summed E-state index contributed by atoms with van der Waals surface area (Å²) < 4.78 is 0. The number of amides is 2. The van der Waals surface area contributed by atoms with Crippen LogP contribution in [0.3, 0.4) is 0 Å². The number of nitrogens with two attached hydrogens (primary N) is 1. The molecule has 0 aliphatic rings. The van der Waals surface area contributed by atoms with Crippen LogP contribution in [0.4, 0.5) is 5.69 Å². The zero-order valence-corrected chi connectivity index (χ0v) is 8.41. The summed E-state index contributed by atoms with van der Waals surface area (Å²) in [5.74, 6) is -0.575. The van der Waals surface area contributed by atoms with Crippen LogP contribution in [0.25, 0.3) is 0 Å². The van der Waals surface area contributed by atoms with Crippen molar-refractivity contribution in [2.45, 2.75) is 0 Å². The lowest BCUT2D eigenvalue weighted by Crippen LogP contribution is -2.25. The van der Waals surface area contributed by atoms with Gasteiger partial charge >= 0.3 is 0 Å². The lowest BCUT2D eigenvalue weighted by Gasteiger charge is -2.08. The van der Waals surface area contributed by atoms with Gasteiger partial charge in [0.05, 0.1) is 17.8 Å². The Labute approximate surface area is 87.7 Å². The van der Waals surface area contributed by atoms with E-state index in [-0.39, 0.29) is 18.4 Å². The second kappa shape index (κ2) is 5.11. The highest BCUT2D eigenvalue weighted by atomic mass is 16.2. The van der Waals surface area contributed by atoms with Gasteiger partial charge in [-0.25, -0.2) is 0 Å². The van der Waals surface area contributed by atoms with E-state index in [1.54, 1.807) is 24.3 Å². The van der Waals surface area contributed by atoms with Gasteiger partial charge in [-0.3, -0.25) is 9.59 Å². The largest absolute Gasteiger partial charge is 0.355 e. The molecule has 5 heteroatoms. The van der Waals surface area contributed by atoms with Crippen molar-refractivity contribution in [3.8, 4) is 0 Å². The van der Waals surface area contributed by atoms with Gasteiger partial charge in [-0.1, -0.05) is 12.1 Å². The van der Waals surface area contributed by atoms with Gasteiger partial charge in [0.2, 0.25) is 5.91 Å². The molecule has 0 spiro atoms. The lowest BCUT2D eigenvalue weighted by molar-refractivity contribution is -0.114. The van der Waals surface area contributed by atoms with Crippen molar-refractivity contribution in [1.29, 1.82) is 0 Å². The molecule has 0 bridgehead atoms. The van der Waals surface area contributed by atoms with E-state index in [0.717, 1.165) is 0 Å². The molecule has 4 N–H and O–H groups in total. The second-order valence-electron chi connectivity index (χ2n) is 2.88. The Hall–Kier alpha value is -1.88. The minimum absolute atomic E-state index is 0.109. The predicted molar refractivity (Wildman–Crippen MR) is 57.5 cm³/mol. The van der Waals surface area contributed by atoms with E-state index in [1.807, 2.05) is 0 Å². The number of anilines is 1. The van der Waals surface area contributed by atoms with Gasteiger partial charge in [-0.2, -0.15) is 0 Å². The van der Waals surface area contributed by atoms with Crippen molar-refractivity contribution in [3.05, 3.63) is 29.8 Å². The second-order valence-corrected chi connectivity index (χ2v) is 2.88. The summed E-state index contributed by atoms with van der Waals surface area (Å²) in [6, 6.07) is 6.74. The van der Waals surface area contributed by atoms with E-state index in [1.165, 1.54) is 7.05 Å². The summed E-state index contributed by atoms with van der Waals surface area (Å²) >= 11 is 0. The average molecular weight is 207 g/mol. The van der Waals surface area contributed by atoms with E-state index in [9.17, 15) is 9.59 Å². The molecule has 0 radical (unpaired) electrons. The molecule has 0 fully saturated rings. The number of hydrogen-bond donors (Lipinski definition) is 3. The van der Waals surface area contributed by atoms with E-state index in [0.29, 0.717) is 11.3 Å². The normalized spacial score (nSPS) is 9.47. The highest BCUT2D eigenvalue weighted by Crippen LogP contribution is 2.14. The van der Waals surface area contributed by atoms with E-state index >= 15 is 0 Å². The lowest BCUT2D eigenvalue weighted by atomic mass is 10.1. The number of nitrogens with one attached hydrogen (secondary N) is 2. The maximum absolute atomic E-state index is 11.4. The fourth-order valence-electron chi connectivity index (χ4n) is 1.13. The fourth-order valence-corrected chi connectivity index (χ4v) is 1.13. The molecule has 5 nitrogen and oxygen atoms in total. The van der Waals surface area contributed by atoms with Gasteiger partial charge < -0.3 is 16.4 Å². The first-order valence-electron chi connectivity index (χ1n) is 4.50. The molecule has 0 aliphatic carbocycles. The molecule has 1 rings (SSSR count). The maximum atomic E-state index is 11.4. The molecule has 0 aliphatic heterocycles. The highest BCUT2D eigenvalue weighted by Gasteiger charge is 2.10. The number of hydrogen-bond acceptors (Lipinski definition) is 3. The number of carbonyl (C=O) groups excluding carboxylic acids is 2. The smallest absolute Gasteiger partial charge is 0.253 e. The van der Waals surface area contributed by atoms with Gasteiger partial charge in [0.25, 0.3) is 5.91 Å². The zero-order valence-electron chi connectivity index (χ0n) is 8.41. The van der Waals surface area contributed by atoms with Crippen molar-refractivity contribution in [2.75, 3.05) is 18.9 Å². The van der Waals surface area contributed by atoms with Crippen LogP contribution in [-0.4, -0.2) is 25.4 Å². The number of rotatable bonds is 3. The minimum Gasteiger partial charge on any atom is -0.355 e. The third-order valence-electron chi connectivity index (χ3n) is 1.86. The van der Waals surface area contributed by atoms with Crippen LogP contribution in [0, 0.1) is 0 Å². The third kappa shape index (κ3) is 2.78. The molecule has 15 heavy (non-hydrogen) atoms. The molecule has 1 aromatic carbocycles. The Morgan fingerprint density at radius 2 is 2.00 bits per heavy atom. The van der Waals surface area contributed by atoms with Crippen molar-refractivity contribution in [1.82, 2.24) is 5.32 Å².